The highest BCUT2D eigenvalue weighted by Crippen LogP contribution is 2.23. The molecule has 0 unspecified atom stereocenters. The van der Waals surface area contributed by atoms with Crippen LogP contribution in [0.3, 0.4) is 0 Å². The fourth-order valence-electron chi connectivity index (χ4n) is 2.67. The number of phenolic OH excluding ortho intramolecular Hbond substituents is 1. The van der Waals surface area contributed by atoms with E-state index in [0.29, 0.717) is 23.7 Å². The molecule has 0 saturated carbocycles. The van der Waals surface area contributed by atoms with Crippen LogP contribution in [-0.4, -0.2) is 28.3 Å². The van der Waals surface area contributed by atoms with Crippen molar-refractivity contribution in [1.82, 2.24) is 10.2 Å². The molecule has 8 nitrogen and oxygen atoms in total. The van der Waals surface area contributed by atoms with Gasteiger partial charge in [0.15, 0.2) is 5.82 Å². The fraction of sp³-hybridized carbons (Fsp3) is 0.158. The van der Waals surface area contributed by atoms with Gasteiger partial charge in [-0.3, -0.25) is 9.89 Å². The Labute approximate surface area is 160 Å². The van der Waals surface area contributed by atoms with E-state index >= 15 is 0 Å². The first-order valence-corrected chi connectivity index (χ1v) is 8.43. The number of benzene rings is 2. The molecule has 146 valence electrons. The Morgan fingerprint density at radius 3 is 2.57 bits per heavy atom. The lowest BCUT2D eigenvalue weighted by atomic mass is 10.2. The number of amides is 1. The molecule has 0 aliphatic rings. The molecule has 28 heavy (non-hydrogen) atoms. The summed E-state index contributed by atoms with van der Waals surface area (Å²) < 4.78 is 18.7. The van der Waals surface area contributed by atoms with Crippen LogP contribution in [-0.2, 0) is 13.1 Å². The predicted molar refractivity (Wildman–Crippen MR) is 103 cm³/mol. The van der Waals surface area contributed by atoms with Gasteiger partial charge in [-0.1, -0.05) is 12.1 Å². The number of halogens is 1. The van der Waals surface area contributed by atoms with E-state index in [4.69, 9.17) is 10.5 Å². The van der Waals surface area contributed by atoms with Crippen LogP contribution < -0.4 is 21.1 Å². The SMILES string of the molecule is COc1cc(F)cc(CNc2n[nH]c(NCc3ccc(O)cc3)c2C(N)=O)c1. The summed E-state index contributed by atoms with van der Waals surface area (Å²) in [6, 6.07) is 10.9. The molecule has 3 rings (SSSR count). The predicted octanol–water partition coefficient (Wildman–Crippen LogP) is 2.59. The number of hydrogen-bond donors (Lipinski definition) is 5. The average Bonchev–Trinajstić information content (AvgIpc) is 3.08. The zero-order chi connectivity index (χ0) is 20.1. The van der Waals surface area contributed by atoms with Crippen molar-refractivity contribution in [1.29, 1.82) is 0 Å². The number of primary amides is 1. The Bertz CT molecular complexity index is 972. The van der Waals surface area contributed by atoms with E-state index in [9.17, 15) is 14.3 Å². The lowest BCUT2D eigenvalue weighted by Crippen LogP contribution is -2.16. The number of aromatic hydroxyl groups is 1. The first-order chi connectivity index (χ1) is 13.5. The maximum absolute atomic E-state index is 13.6. The largest absolute Gasteiger partial charge is 0.508 e. The number of rotatable bonds is 8. The van der Waals surface area contributed by atoms with E-state index in [-0.39, 0.29) is 23.7 Å². The summed E-state index contributed by atoms with van der Waals surface area (Å²) in [5.41, 5.74) is 7.18. The number of phenols is 1. The van der Waals surface area contributed by atoms with Crippen molar-refractivity contribution < 1.29 is 19.0 Å². The van der Waals surface area contributed by atoms with E-state index < -0.39 is 11.7 Å². The van der Waals surface area contributed by atoms with Crippen molar-refractivity contribution >= 4 is 17.5 Å². The third kappa shape index (κ3) is 4.50. The molecule has 0 aliphatic heterocycles. The number of anilines is 2. The molecular formula is C19H20FN5O3. The molecule has 1 amide bonds. The van der Waals surface area contributed by atoms with Crippen LogP contribution in [0.1, 0.15) is 21.5 Å². The quantitative estimate of drug-likeness (QED) is 0.406. The van der Waals surface area contributed by atoms with E-state index in [2.05, 4.69) is 20.8 Å². The summed E-state index contributed by atoms with van der Waals surface area (Å²) in [5, 5.41) is 22.2. The second-order valence-corrected chi connectivity index (χ2v) is 6.06. The van der Waals surface area contributed by atoms with Gasteiger partial charge in [-0.05, 0) is 35.4 Å². The smallest absolute Gasteiger partial charge is 0.256 e. The van der Waals surface area contributed by atoms with Crippen LogP contribution >= 0.6 is 0 Å². The summed E-state index contributed by atoms with van der Waals surface area (Å²) in [6.07, 6.45) is 0. The standard InChI is InChI=1S/C19H20FN5O3/c1-28-15-7-12(6-13(20)8-15)10-23-19-16(17(21)27)18(24-25-19)22-9-11-2-4-14(26)5-3-11/h2-8,26H,9-10H2,1H3,(H2,21,27)(H3,22,23,24,25). The summed E-state index contributed by atoms with van der Waals surface area (Å²) in [6.45, 7) is 0.611. The molecule has 3 aromatic rings. The van der Waals surface area contributed by atoms with Gasteiger partial charge in [0.05, 0.1) is 7.11 Å². The van der Waals surface area contributed by atoms with Crippen LogP contribution in [0.2, 0.25) is 0 Å². The Balaban J connectivity index is 1.72. The second kappa shape index (κ2) is 8.30. The van der Waals surface area contributed by atoms with Gasteiger partial charge < -0.3 is 26.2 Å². The average molecular weight is 385 g/mol. The first-order valence-electron chi connectivity index (χ1n) is 8.43. The maximum Gasteiger partial charge on any atom is 0.256 e. The molecule has 9 heteroatoms. The lowest BCUT2D eigenvalue weighted by Gasteiger charge is -2.09. The molecule has 0 aliphatic carbocycles. The van der Waals surface area contributed by atoms with E-state index in [1.54, 1.807) is 30.3 Å². The molecule has 6 N–H and O–H groups in total. The number of methoxy groups -OCH3 is 1. The topological polar surface area (TPSA) is 125 Å². The molecule has 0 atom stereocenters. The van der Waals surface area contributed by atoms with Crippen molar-refractivity contribution in [3.63, 3.8) is 0 Å². The zero-order valence-corrected chi connectivity index (χ0v) is 15.1. The molecule has 0 saturated heterocycles. The molecule has 1 heterocycles. The number of aromatic nitrogens is 2. The number of carbonyl (C=O) groups excluding carboxylic acids is 1. The van der Waals surface area contributed by atoms with Gasteiger partial charge in [-0.2, -0.15) is 5.10 Å². The van der Waals surface area contributed by atoms with E-state index in [1.807, 2.05) is 0 Å². The second-order valence-electron chi connectivity index (χ2n) is 6.06. The number of ether oxygens (including phenoxy) is 1. The minimum atomic E-state index is -0.665. The first kappa shape index (κ1) is 19.0. The molecule has 0 spiro atoms. The van der Waals surface area contributed by atoms with Gasteiger partial charge in [-0.25, -0.2) is 4.39 Å². The lowest BCUT2D eigenvalue weighted by molar-refractivity contribution is 0.100. The molecular weight excluding hydrogens is 365 g/mol. The number of nitrogens with zero attached hydrogens (tertiary/aromatic N) is 1. The van der Waals surface area contributed by atoms with Gasteiger partial charge in [0, 0.05) is 19.2 Å². The van der Waals surface area contributed by atoms with E-state index in [0.717, 1.165) is 5.56 Å². The van der Waals surface area contributed by atoms with Gasteiger partial charge in [-0.15, -0.1) is 0 Å². The Hall–Kier alpha value is -3.75. The highest BCUT2D eigenvalue weighted by molar-refractivity contribution is 6.02. The molecule has 1 aromatic heterocycles. The number of nitrogens with one attached hydrogen (secondary N) is 3. The van der Waals surface area contributed by atoms with Gasteiger partial charge in [0.25, 0.3) is 5.91 Å². The van der Waals surface area contributed by atoms with Crippen molar-refractivity contribution in [2.75, 3.05) is 17.7 Å². The van der Waals surface area contributed by atoms with Crippen molar-refractivity contribution in [2.45, 2.75) is 13.1 Å². The summed E-state index contributed by atoms with van der Waals surface area (Å²) >= 11 is 0. The van der Waals surface area contributed by atoms with Crippen LogP contribution in [0.4, 0.5) is 16.0 Å². The number of hydrogen-bond acceptors (Lipinski definition) is 6. The Morgan fingerprint density at radius 2 is 1.89 bits per heavy atom. The minimum absolute atomic E-state index is 0.169. The van der Waals surface area contributed by atoms with Crippen LogP contribution in [0.5, 0.6) is 11.5 Å². The maximum atomic E-state index is 13.6. The number of H-pyrrole nitrogens is 1. The van der Waals surface area contributed by atoms with Crippen molar-refractivity contribution in [3.8, 4) is 11.5 Å². The van der Waals surface area contributed by atoms with E-state index in [1.165, 1.54) is 19.2 Å². The number of carbonyl (C=O) groups is 1. The highest BCUT2D eigenvalue weighted by Gasteiger charge is 2.18. The van der Waals surface area contributed by atoms with Crippen LogP contribution in [0, 0.1) is 5.82 Å². The van der Waals surface area contributed by atoms with Crippen molar-refractivity contribution in [3.05, 3.63) is 65.0 Å². The minimum Gasteiger partial charge on any atom is -0.508 e. The summed E-state index contributed by atoms with van der Waals surface area (Å²) in [4.78, 5) is 11.9. The summed E-state index contributed by atoms with van der Waals surface area (Å²) in [5.74, 6) is 0.0865. The van der Waals surface area contributed by atoms with Crippen LogP contribution in [0.25, 0.3) is 0 Å². The Morgan fingerprint density at radius 1 is 1.18 bits per heavy atom. The molecule has 0 radical (unpaired) electrons. The molecule has 2 aromatic carbocycles. The fourth-order valence-corrected chi connectivity index (χ4v) is 2.67. The van der Waals surface area contributed by atoms with Gasteiger partial charge in [0.1, 0.15) is 28.7 Å². The number of aromatic amines is 1. The van der Waals surface area contributed by atoms with Crippen molar-refractivity contribution in [2.24, 2.45) is 5.73 Å². The third-order valence-electron chi connectivity index (χ3n) is 4.05. The molecule has 0 fully saturated rings. The van der Waals surface area contributed by atoms with Gasteiger partial charge in [0.2, 0.25) is 0 Å². The summed E-state index contributed by atoms with van der Waals surface area (Å²) in [7, 11) is 1.46. The third-order valence-corrected chi connectivity index (χ3v) is 4.05. The normalized spacial score (nSPS) is 10.5. The Kier molecular flexibility index (Phi) is 5.64. The van der Waals surface area contributed by atoms with Gasteiger partial charge >= 0.3 is 0 Å². The monoisotopic (exact) mass is 385 g/mol. The molecule has 0 bridgehead atoms. The highest BCUT2D eigenvalue weighted by atomic mass is 19.1. The number of nitrogens with two attached hydrogens (primary N) is 1. The zero-order valence-electron chi connectivity index (χ0n) is 15.1. The van der Waals surface area contributed by atoms with Crippen LogP contribution in [0.15, 0.2) is 42.5 Å².